The molecule has 0 saturated carbocycles. The Labute approximate surface area is 102 Å². The Kier molecular flexibility index (Phi) is 4.71. The van der Waals surface area contributed by atoms with Gasteiger partial charge in [-0.1, -0.05) is 32.9 Å². The molecule has 1 unspecified atom stereocenters. The number of nitrogens with one attached hydrogen (secondary N) is 1. The second kappa shape index (κ2) is 6.05. The normalized spacial score (nSPS) is 11.9. The van der Waals surface area contributed by atoms with E-state index in [4.69, 9.17) is 5.26 Å². The standard InChI is InChI=1S/C14H18N2O/c1-10(2)11(3)14(17)16-9-13-6-4-12(8-15)5-7-13/h4-7,10-11H,9H2,1-3H3,(H,16,17). The van der Waals surface area contributed by atoms with E-state index in [1.807, 2.05) is 32.9 Å². The molecular formula is C14H18N2O. The molecule has 90 valence electrons. The van der Waals surface area contributed by atoms with Gasteiger partial charge in [0.2, 0.25) is 5.91 Å². The number of carbonyl (C=O) groups is 1. The van der Waals surface area contributed by atoms with Crippen LogP contribution >= 0.6 is 0 Å². The smallest absolute Gasteiger partial charge is 0.223 e. The van der Waals surface area contributed by atoms with Gasteiger partial charge in [0, 0.05) is 12.5 Å². The average molecular weight is 230 g/mol. The molecule has 0 fully saturated rings. The van der Waals surface area contributed by atoms with Crippen LogP contribution in [0.2, 0.25) is 0 Å². The van der Waals surface area contributed by atoms with Crippen LogP contribution in [0.5, 0.6) is 0 Å². The van der Waals surface area contributed by atoms with E-state index in [9.17, 15) is 4.79 Å². The minimum Gasteiger partial charge on any atom is -0.352 e. The van der Waals surface area contributed by atoms with Gasteiger partial charge in [-0.25, -0.2) is 0 Å². The molecule has 0 radical (unpaired) electrons. The van der Waals surface area contributed by atoms with Crippen LogP contribution in [-0.2, 0) is 11.3 Å². The Balaban J connectivity index is 2.50. The number of nitrogens with zero attached hydrogens (tertiary/aromatic N) is 1. The molecule has 0 aliphatic carbocycles. The van der Waals surface area contributed by atoms with E-state index in [0.29, 0.717) is 18.0 Å². The van der Waals surface area contributed by atoms with Gasteiger partial charge in [0.25, 0.3) is 0 Å². The van der Waals surface area contributed by atoms with Gasteiger partial charge in [-0.05, 0) is 23.6 Å². The molecule has 1 atom stereocenters. The fourth-order valence-electron chi connectivity index (χ4n) is 1.35. The Morgan fingerprint density at radius 2 is 1.88 bits per heavy atom. The minimum absolute atomic E-state index is 0.0216. The quantitative estimate of drug-likeness (QED) is 0.863. The van der Waals surface area contributed by atoms with Crippen molar-refractivity contribution < 1.29 is 4.79 Å². The van der Waals surface area contributed by atoms with Crippen molar-refractivity contribution in [2.24, 2.45) is 11.8 Å². The fourth-order valence-corrected chi connectivity index (χ4v) is 1.35. The van der Waals surface area contributed by atoms with Crippen molar-refractivity contribution in [2.45, 2.75) is 27.3 Å². The molecule has 17 heavy (non-hydrogen) atoms. The Hall–Kier alpha value is -1.82. The molecule has 0 saturated heterocycles. The summed E-state index contributed by atoms with van der Waals surface area (Å²) in [5.41, 5.74) is 1.64. The number of nitriles is 1. The predicted octanol–water partition coefficient (Wildman–Crippen LogP) is 2.47. The summed E-state index contributed by atoms with van der Waals surface area (Å²) in [5, 5.41) is 11.6. The van der Waals surface area contributed by atoms with Crippen molar-refractivity contribution in [1.82, 2.24) is 5.32 Å². The van der Waals surface area contributed by atoms with E-state index in [1.54, 1.807) is 12.1 Å². The summed E-state index contributed by atoms with van der Waals surface area (Å²) < 4.78 is 0. The van der Waals surface area contributed by atoms with E-state index in [2.05, 4.69) is 11.4 Å². The summed E-state index contributed by atoms with van der Waals surface area (Å²) >= 11 is 0. The lowest BCUT2D eigenvalue weighted by atomic mass is 9.97. The van der Waals surface area contributed by atoms with Gasteiger partial charge in [0.05, 0.1) is 11.6 Å². The van der Waals surface area contributed by atoms with Gasteiger partial charge >= 0.3 is 0 Å². The van der Waals surface area contributed by atoms with E-state index >= 15 is 0 Å². The van der Waals surface area contributed by atoms with Gasteiger partial charge in [-0.3, -0.25) is 4.79 Å². The van der Waals surface area contributed by atoms with Crippen LogP contribution in [0.4, 0.5) is 0 Å². The maximum atomic E-state index is 11.7. The highest BCUT2D eigenvalue weighted by Gasteiger charge is 2.15. The maximum absolute atomic E-state index is 11.7. The first-order valence-electron chi connectivity index (χ1n) is 5.81. The molecule has 1 amide bonds. The molecule has 0 heterocycles. The van der Waals surface area contributed by atoms with E-state index in [1.165, 1.54) is 0 Å². The van der Waals surface area contributed by atoms with Gasteiger partial charge in [0.1, 0.15) is 0 Å². The Morgan fingerprint density at radius 1 is 1.29 bits per heavy atom. The number of rotatable bonds is 4. The molecule has 3 nitrogen and oxygen atoms in total. The van der Waals surface area contributed by atoms with Crippen LogP contribution in [0.1, 0.15) is 31.9 Å². The number of carbonyl (C=O) groups excluding carboxylic acids is 1. The predicted molar refractivity (Wildman–Crippen MR) is 67.0 cm³/mol. The van der Waals surface area contributed by atoms with E-state index < -0.39 is 0 Å². The van der Waals surface area contributed by atoms with Crippen molar-refractivity contribution in [3.63, 3.8) is 0 Å². The first kappa shape index (κ1) is 13.2. The molecule has 0 aliphatic rings. The number of benzene rings is 1. The molecule has 0 bridgehead atoms. The first-order valence-corrected chi connectivity index (χ1v) is 5.81. The lowest BCUT2D eigenvalue weighted by Gasteiger charge is -2.15. The number of amides is 1. The van der Waals surface area contributed by atoms with Crippen molar-refractivity contribution in [3.05, 3.63) is 35.4 Å². The van der Waals surface area contributed by atoms with Crippen LogP contribution in [0.15, 0.2) is 24.3 Å². The average Bonchev–Trinajstić information content (AvgIpc) is 2.35. The highest BCUT2D eigenvalue weighted by atomic mass is 16.1. The van der Waals surface area contributed by atoms with Gasteiger partial charge in [-0.2, -0.15) is 5.26 Å². The molecule has 1 rings (SSSR count). The third kappa shape index (κ3) is 3.92. The highest BCUT2D eigenvalue weighted by molar-refractivity contribution is 5.78. The van der Waals surface area contributed by atoms with Crippen LogP contribution < -0.4 is 5.32 Å². The second-order valence-corrected chi connectivity index (χ2v) is 4.56. The summed E-state index contributed by atoms with van der Waals surface area (Å²) in [7, 11) is 0. The van der Waals surface area contributed by atoms with Crippen molar-refractivity contribution in [1.29, 1.82) is 5.26 Å². The lowest BCUT2D eigenvalue weighted by Crippen LogP contribution is -2.31. The molecule has 0 aliphatic heterocycles. The third-order valence-electron chi connectivity index (χ3n) is 2.96. The van der Waals surface area contributed by atoms with Gasteiger partial charge < -0.3 is 5.32 Å². The zero-order valence-corrected chi connectivity index (χ0v) is 10.5. The molecule has 1 aromatic carbocycles. The lowest BCUT2D eigenvalue weighted by molar-refractivity contribution is -0.125. The minimum atomic E-state index is 0.0216. The van der Waals surface area contributed by atoms with Crippen molar-refractivity contribution in [2.75, 3.05) is 0 Å². The zero-order valence-electron chi connectivity index (χ0n) is 10.5. The Bertz CT molecular complexity index is 415. The molecule has 0 aromatic heterocycles. The van der Waals surface area contributed by atoms with Gasteiger partial charge in [0.15, 0.2) is 0 Å². The summed E-state index contributed by atoms with van der Waals surface area (Å²) in [5.74, 6) is 0.439. The summed E-state index contributed by atoms with van der Waals surface area (Å²) in [6.07, 6.45) is 0. The first-order chi connectivity index (χ1) is 8.04. The SMILES string of the molecule is CC(C)C(C)C(=O)NCc1ccc(C#N)cc1. The Morgan fingerprint density at radius 3 is 2.35 bits per heavy atom. The summed E-state index contributed by atoms with van der Waals surface area (Å²) in [4.78, 5) is 11.7. The largest absolute Gasteiger partial charge is 0.352 e. The van der Waals surface area contributed by atoms with Crippen LogP contribution in [0.3, 0.4) is 0 Å². The second-order valence-electron chi connectivity index (χ2n) is 4.56. The van der Waals surface area contributed by atoms with Crippen molar-refractivity contribution >= 4 is 5.91 Å². The third-order valence-corrected chi connectivity index (χ3v) is 2.96. The monoisotopic (exact) mass is 230 g/mol. The van der Waals surface area contributed by atoms with Crippen LogP contribution in [0.25, 0.3) is 0 Å². The molecular weight excluding hydrogens is 212 g/mol. The van der Waals surface area contributed by atoms with E-state index in [0.717, 1.165) is 5.56 Å². The summed E-state index contributed by atoms with van der Waals surface area (Å²) in [6, 6.07) is 9.30. The van der Waals surface area contributed by atoms with Gasteiger partial charge in [-0.15, -0.1) is 0 Å². The highest BCUT2D eigenvalue weighted by Crippen LogP contribution is 2.10. The number of hydrogen-bond donors (Lipinski definition) is 1. The molecule has 3 heteroatoms. The molecule has 0 spiro atoms. The number of hydrogen-bond acceptors (Lipinski definition) is 2. The molecule has 1 N–H and O–H groups in total. The van der Waals surface area contributed by atoms with Crippen LogP contribution in [0, 0.1) is 23.2 Å². The van der Waals surface area contributed by atoms with E-state index in [-0.39, 0.29) is 11.8 Å². The maximum Gasteiger partial charge on any atom is 0.223 e. The summed E-state index contributed by atoms with van der Waals surface area (Å²) in [6.45, 7) is 6.51. The molecule has 1 aromatic rings. The van der Waals surface area contributed by atoms with Crippen molar-refractivity contribution in [3.8, 4) is 6.07 Å². The zero-order chi connectivity index (χ0) is 12.8. The fraction of sp³-hybridized carbons (Fsp3) is 0.429. The topological polar surface area (TPSA) is 52.9 Å². The van der Waals surface area contributed by atoms with Crippen LogP contribution in [-0.4, -0.2) is 5.91 Å².